The maximum atomic E-state index is 12.6. The first-order chi connectivity index (χ1) is 14.5. The molecule has 4 rings (SSSR count). The molecule has 3 heterocycles. The number of thioether (sulfide) groups is 1. The van der Waals surface area contributed by atoms with Gasteiger partial charge in [-0.25, -0.2) is 9.36 Å². The lowest BCUT2D eigenvalue weighted by Crippen LogP contribution is -2.18. The van der Waals surface area contributed by atoms with Gasteiger partial charge in [-0.3, -0.25) is 4.79 Å². The van der Waals surface area contributed by atoms with Crippen LogP contribution in [-0.2, 0) is 16.1 Å². The van der Waals surface area contributed by atoms with Crippen LogP contribution >= 0.6 is 11.8 Å². The van der Waals surface area contributed by atoms with Crippen molar-refractivity contribution in [2.45, 2.75) is 51.4 Å². The lowest BCUT2D eigenvalue weighted by Gasteiger charge is -2.10. The summed E-state index contributed by atoms with van der Waals surface area (Å²) in [4.78, 5) is 12.6. The number of aryl methyl sites for hydroxylation is 2. The first kappa shape index (κ1) is 20.5. The minimum atomic E-state index is -0.124. The third-order valence-corrected chi connectivity index (χ3v) is 6.02. The number of hydrogen-bond donors (Lipinski definition) is 1. The molecule has 0 saturated carbocycles. The van der Waals surface area contributed by atoms with Gasteiger partial charge in [-0.1, -0.05) is 29.5 Å². The lowest BCUT2D eigenvalue weighted by atomic mass is 10.2. The van der Waals surface area contributed by atoms with Gasteiger partial charge in [0, 0.05) is 6.61 Å². The molecule has 1 N–H and O–H groups in total. The van der Waals surface area contributed by atoms with Crippen LogP contribution in [0.4, 0.5) is 5.69 Å². The van der Waals surface area contributed by atoms with Crippen molar-refractivity contribution in [1.82, 2.24) is 30.0 Å². The van der Waals surface area contributed by atoms with Crippen LogP contribution in [0.1, 0.15) is 29.8 Å². The molecule has 0 spiro atoms. The van der Waals surface area contributed by atoms with Crippen LogP contribution in [-0.4, -0.2) is 54.4 Å². The Bertz CT molecular complexity index is 1020. The van der Waals surface area contributed by atoms with E-state index < -0.39 is 0 Å². The molecule has 1 aromatic carbocycles. The van der Waals surface area contributed by atoms with Gasteiger partial charge in [0.05, 0.1) is 41.2 Å². The summed E-state index contributed by atoms with van der Waals surface area (Å²) in [6.07, 6.45) is 2.21. The van der Waals surface area contributed by atoms with E-state index >= 15 is 0 Å². The number of carbonyl (C=O) groups excluding carboxylic acids is 1. The number of nitrogens with one attached hydrogen (secondary N) is 1. The van der Waals surface area contributed by atoms with Crippen LogP contribution < -0.4 is 5.32 Å². The molecule has 30 heavy (non-hydrogen) atoms. The highest BCUT2D eigenvalue weighted by molar-refractivity contribution is 7.99. The van der Waals surface area contributed by atoms with Crippen LogP contribution in [0.25, 0.3) is 5.69 Å². The zero-order valence-electron chi connectivity index (χ0n) is 17.3. The molecule has 0 unspecified atom stereocenters. The van der Waals surface area contributed by atoms with E-state index in [9.17, 15) is 4.79 Å². The van der Waals surface area contributed by atoms with E-state index in [0.717, 1.165) is 42.2 Å². The standard InChI is InChI=1S/C20H25N7O2S/c1-13-6-8-16(9-7-13)27-15(3)19(14(2)23-27)21-18(28)12-30-20-22-24-25-26(20)11-17-5-4-10-29-17/h6-9,17H,4-5,10-12H2,1-3H3,(H,21,28)/t17-/m0/s1. The van der Waals surface area contributed by atoms with Gasteiger partial charge in [-0.05, 0) is 56.2 Å². The quantitative estimate of drug-likeness (QED) is 0.579. The molecule has 9 nitrogen and oxygen atoms in total. The molecular formula is C20H25N7O2S. The van der Waals surface area contributed by atoms with Crippen LogP contribution in [0, 0.1) is 20.8 Å². The monoisotopic (exact) mass is 427 g/mol. The summed E-state index contributed by atoms with van der Waals surface area (Å²) < 4.78 is 9.20. The second-order valence-electron chi connectivity index (χ2n) is 7.41. The van der Waals surface area contributed by atoms with Crippen LogP contribution in [0.3, 0.4) is 0 Å². The number of tetrazole rings is 1. The summed E-state index contributed by atoms with van der Waals surface area (Å²) in [5.74, 6) is 0.0850. The van der Waals surface area contributed by atoms with E-state index in [1.807, 2.05) is 49.7 Å². The summed E-state index contributed by atoms with van der Waals surface area (Å²) >= 11 is 1.31. The number of ether oxygens (including phenoxy) is 1. The number of carbonyl (C=O) groups is 1. The van der Waals surface area contributed by atoms with E-state index in [0.29, 0.717) is 11.7 Å². The summed E-state index contributed by atoms with van der Waals surface area (Å²) in [5.41, 5.74) is 4.55. The fraction of sp³-hybridized carbons (Fsp3) is 0.450. The fourth-order valence-corrected chi connectivity index (χ4v) is 4.15. The Labute approximate surface area is 179 Å². The number of anilines is 1. The van der Waals surface area contributed by atoms with Crippen molar-refractivity contribution in [2.24, 2.45) is 0 Å². The van der Waals surface area contributed by atoms with Gasteiger partial charge in [-0.15, -0.1) is 5.10 Å². The normalized spacial score (nSPS) is 16.2. The molecule has 0 aliphatic carbocycles. The van der Waals surface area contributed by atoms with E-state index in [2.05, 4.69) is 25.9 Å². The van der Waals surface area contributed by atoms with Gasteiger partial charge in [-0.2, -0.15) is 5.10 Å². The predicted octanol–water partition coefficient (Wildman–Crippen LogP) is 2.69. The van der Waals surface area contributed by atoms with Crippen molar-refractivity contribution in [1.29, 1.82) is 0 Å². The second-order valence-corrected chi connectivity index (χ2v) is 8.35. The van der Waals surface area contributed by atoms with Crippen LogP contribution in [0.15, 0.2) is 29.4 Å². The van der Waals surface area contributed by atoms with Crippen molar-refractivity contribution in [3.63, 3.8) is 0 Å². The molecule has 1 aliphatic heterocycles. The van der Waals surface area contributed by atoms with E-state index in [4.69, 9.17) is 4.74 Å². The van der Waals surface area contributed by atoms with Crippen LogP contribution in [0.2, 0.25) is 0 Å². The van der Waals surface area contributed by atoms with Gasteiger partial charge >= 0.3 is 0 Å². The number of nitrogens with zero attached hydrogens (tertiary/aromatic N) is 6. The highest BCUT2D eigenvalue weighted by Gasteiger charge is 2.20. The Morgan fingerprint density at radius 1 is 1.27 bits per heavy atom. The molecule has 2 aromatic heterocycles. The van der Waals surface area contributed by atoms with Gasteiger partial charge in [0.15, 0.2) is 0 Å². The summed E-state index contributed by atoms with van der Waals surface area (Å²) in [7, 11) is 0. The SMILES string of the molecule is Cc1ccc(-n2nc(C)c(NC(=O)CSc3nnnn3C[C@@H]3CCCO3)c2C)cc1. The van der Waals surface area contributed by atoms with E-state index in [-0.39, 0.29) is 17.8 Å². The Morgan fingerprint density at radius 3 is 2.80 bits per heavy atom. The minimum Gasteiger partial charge on any atom is -0.376 e. The maximum absolute atomic E-state index is 12.6. The molecule has 0 bridgehead atoms. The van der Waals surface area contributed by atoms with Gasteiger partial charge in [0.25, 0.3) is 0 Å². The lowest BCUT2D eigenvalue weighted by molar-refractivity contribution is -0.113. The average Bonchev–Trinajstić information content (AvgIpc) is 3.46. The number of aromatic nitrogens is 6. The molecule has 1 fully saturated rings. The molecule has 158 valence electrons. The zero-order chi connectivity index (χ0) is 21.1. The Morgan fingerprint density at radius 2 is 2.07 bits per heavy atom. The molecule has 3 aromatic rings. The Hall–Kier alpha value is -2.72. The Balaban J connectivity index is 1.39. The van der Waals surface area contributed by atoms with Crippen molar-refractivity contribution < 1.29 is 9.53 Å². The highest BCUT2D eigenvalue weighted by Crippen LogP contribution is 2.24. The molecule has 10 heteroatoms. The van der Waals surface area contributed by atoms with Crippen molar-refractivity contribution in [3.8, 4) is 5.69 Å². The molecule has 1 amide bonds. The summed E-state index contributed by atoms with van der Waals surface area (Å²) in [6.45, 7) is 7.28. The summed E-state index contributed by atoms with van der Waals surface area (Å²) in [5, 5.41) is 20.0. The first-order valence-corrected chi connectivity index (χ1v) is 10.9. The smallest absolute Gasteiger partial charge is 0.234 e. The van der Waals surface area contributed by atoms with Gasteiger partial charge in [0.2, 0.25) is 11.1 Å². The van der Waals surface area contributed by atoms with E-state index in [1.165, 1.54) is 17.3 Å². The average molecular weight is 428 g/mol. The molecule has 1 atom stereocenters. The van der Waals surface area contributed by atoms with Crippen molar-refractivity contribution in [3.05, 3.63) is 41.2 Å². The van der Waals surface area contributed by atoms with Gasteiger partial charge in [0.1, 0.15) is 0 Å². The van der Waals surface area contributed by atoms with Crippen molar-refractivity contribution >= 4 is 23.4 Å². The van der Waals surface area contributed by atoms with Crippen LogP contribution in [0.5, 0.6) is 0 Å². The zero-order valence-corrected chi connectivity index (χ0v) is 18.1. The summed E-state index contributed by atoms with van der Waals surface area (Å²) in [6, 6.07) is 8.12. The molecule has 1 saturated heterocycles. The number of rotatable bonds is 7. The predicted molar refractivity (Wildman–Crippen MR) is 114 cm³/mol. The van der Waals surface area contributed by atoms with Gasteiger partial charge < -0.3 is 10.1 Å². The molecule has 1 aliphatic rings. The van der Waals surface area contributed by atoms with E-state index in [1.54, 1.807) is 4.68 Å². The van der Waals surface area contributed by atoms with Crippen molar-refractivity contribution in [2.75, 3.05) is 17.7 Å². The third-order valence-electron chi connectivity index (χ3n) is 5.07. The largest absolute Gasteiger partial charge is 0.376 e. The molecule has 0 radical (unpaired) electrons. The Kier molecular flexibility index (Phi) is 6.14. The third kappa shape index (κ3) is 4.54. The first-order valence-electron chi connectivity index (χ1n) is 9.95. The topological polar surface area (TPSA) is 99.8 Å². The second kappa shape index (κ2) is 8.97. The maximum Gasteiger partial charge on any atom is 0.234 e. The highest BCUT2D eigenvalue weighted by atomic mass is 32.2. The fourth-order valence-electron chi connectivity index (χ4n) is 3.46. The number of benzene rings is 1. The minimum absolute atomic E-state index is 0.124. The number of hydrogen-bond acceptors (Lipinski definition) is 7. The molecular weight excluding hydrogens is 402 g/mol. The number of amides is 1.